The number of hydrogen-bond acceptors (Lipinski definition) is 6. The number of rotatable bonds is 6. The molecular weight excluding hydrogens is 320 g/mol. The maximum absolute atomic E-state index is 5.68. The SMILES string of the molecule is CCOc1ccc(Cc2nc3c4cn[nH]c4ncn3n2)cc1OCC. The third-order valence-electron chi connectivity index (χ3n) is 3.80. The van der Waals surface area contributed by atoms with Gasteiger partial charge in [-0.15, -0.1) is 5.10 Å². The van der Waals surface area contributed by atoms with Gasteiger partial charge in [-0.3, -0.25) is 5.10 Å². The summed E-state index contributed by atoms with van der Waals surface area (Å²) in [7, 11) is 0. The summed E-state index contributed by atoms with van der Waals surface area (Å²) in [6.07, 6.45) is 3.93. The lowest BCUT2D eigenvalue weighted by molar-refractivity contribution is 0.287. The van der Waals surface area contributed by atoms with E-state index < -0.39 is 0 Å². The summed E-state index contributed by atoms with van der Waals surface area (Å²) in [4.78, 5) is 8.89. The fourth-order valence-corrected chi connectivity index (χ4v) is 2.75. The number of nitrogens with one attached hydrogen (secondary N) is 1. The van der Waals surface area contributed by atoms with Gasteiger partial charge in [0.2, 0.25) is 0 Å². The Balaban J connectivity index is 1.67. The van der Waals surface area contributed by atoms with Gasteiger partial charge in [0.1, 0.15) is 6.33 Å². The zero-order chi connectivity index (χ0) is 17.2. The third kappa shape index (κ3) is 2.86. The molecule has 0 aliphatic rings. The van der Waals surface area contributed by atoms with Gasteiger partial charge in [0.05, 0.1) is 24.8 Å². The van der Waals surface area contributed by atoms with Crippen molar-refractivity contribution in [3.05, 3.63) is 42.1 Å². The Morgan fingerprint density at radius 3 is 2.80 bits per heavy atom. The summed E-state index contributed by atoms with van der Waals surface area (Å²) in [5.74, 6) is 2.20. The maximum atomic E-state index is 5.68. The number of hydrogen-bond donors (Lipinski definition) is 1. The monoisotopic (exact) mass is 338 g/mol. The number of ether oxygens (including phenoxy) is 2. The summed E-state index contributed by atoms with van der Waals surface area (Å²) >= 11 is 0. The standard InChI is InChI=1S/C17H18N6O2/c1-3-24-13-6-5-11(7-14(13)25-4-2)8-15-20-17-12-9-19-21-16(12)18-10-23(17)22-15/h5-7,9-10H,3-4,8H2,1-2H3,(H,19,21). The third-order valence-corrected chi connectivity index (χ3v) is 3.80. The van der Waals surface area contributed by atoms with Crippen molar-refractivity contribution in [3.8, 4) is 11.5 Å². The average Bonchev–Trinajstić information content (AvgIpc) is 3.23. The second kappa shape index (κ2) is 6.39. The highest BCUT2D eigenvalue weighted by atomic mass is 16.5. The normalized spacial score (nSPS) is 11.3. The molecule has 8 nitrogen and oxygen atoms in total. The Labute approximate surface area is 143 Å². The zero-order valence-corrected chi connectivity index (χ0v) is 14.1. The van der Waals surface area contributed by atoms with Crippen LogP contribution in [0.5, 0.6) is 11.5 Å². The van der Waals surface area contributed by atoms with Crippen molar-refractivity contribution in [1.82, 2.24) is 29.8 Å². The van der Waals surface area contributed by atoms with E-state index in [1.807, 2.05) is 32.0 Å². The van der Waals surface area contributed by atoms with Crippen molar-refractivity contribution in [2.24, 2.45) is 0 Å². The average molecular weight is 338 g/mol. The molecule has 1 N–H and O–H groups in total. The topological polar surface area (TPSA) is 90.2 Å². The van der Waals surface area contributed by atoms with Crippen LogP contribution in [0.4, 0.5) is 0 Å². The van der Waals surface area contributed by atoms with Gasteiger partial charge < -0.3 is 9.47 Å². The molecule has 4 rings (SSSR count). The Morgan fingerprint density at radius 1 is 1.12 bits per heavy atom. The van der Waals surface area contributed by atoms with Crippen LogP contribution in [-0.4, -0.2) is 43.0 Å². The van der Waals surface area contributed by atoms with E-state index in [0.29, 0.717) is 31.1 Å². The first kappa shape index (κ1) is 15.4. The lowest BCUT2D eigenvalue weighted by atomic mass is 10.1. The van der Waals surface area contributed by atoms with E-state index in [2.05, 4.69) is 25.3 Å². The molecule has 3 heterocycles. The molecule has 0 radical (unpaired) electrons. The van der Waals surface area contributed by atoms with E-state index in [1.165, 1.54) is 0 Å². The van der Waals surface area contributed by atoms with Crippen molar-refractivity contribution in [2.45, 2.75) is 20.3 Å². The molecule has 3 aromatic heterocycles. The van der Waals surface area contributed by atoms with Crippen LogP contribution in [0, 0.1) is 0 Å². The van der Waals surface area contributed by atoms with E-state index in [0.717, 1.165) is 28.1 Å². The minimum Gasteiger partial charge on any atom is -0.490 e. The van der Waals surface area contributed by atoms with Crippen LogP contribution in [0.25, 0.3) is 16.7 Å². The Morgan fingerprint density at radius 2 is 1.96 bits per heavy atom. The molecule has 1 aromatic carbocycles. The predicted molar refractivity (Wildman–Crippen MR) is 92.0 cm³/mol. The van der Waals surface area contributed by atoms with Crippen molar-refractivity contribution < 1.29 is 9.47 Å². The minimum atomic E-state index is 0.584. The summed E-state index contributed by atoms with van der Waals surface area (Å²) < 4.78 is 13.0. The smallest absolute Gasteiger partial charge is 0.170 e. The molecule has 0 fully saturated rings. The highest BCUT2D eigenvalue weighted by Crippen LogP contribution is 2.29. The summed E-state index contributed by atoms with van der Waals surface area (Å²) in [5, 5.41) is 12.2. The van der Waals surface area contributed by atoms with E-state index in [4.69, 9.17) is 9.47 Å². The molecule has 0 bridgehead atoms. The van der Waals surface area contributed by atoms with Gasteiger partial charge in [0.15, 0.2) is 28.6 Å². The van der Waals surface area contributed by atoms with Crippen LogP contribution >= 0.6 is 0 Å². The molecule has 8 heteroatoms. The lowest BCUT2D eigenvalue weighted by Gasteiger charge is -2.11. The summed E-state index contributed by atoms with van der Waals surface area (Å²) in [6.45, 7) is 5.09. The fraction of sp³-hybridized carbons (Fsp3) is 0.294. The van der Waals surface area contributed by atoms with Gasteiger partial charge in [0.25, 0.3) is 0 Å². The molecule has 0 atom stereocenters. The maximum Gasteiger partial charge on any atom is 0.170 e. The van der Waals surface area contributed by atoms with Crippen LogP contribution in [0.3, 0.4) is 0 Å². The van der Waals surface area contributed by atoms with Crippen LogP contribution < -0.4 is 9.47 Å². The van der Waals surface area contributed by atoms with Crippen LogP contribution in [-0.2, 0) is 6.42 Å². The minimum absolute atomic E-state index is 0.584. The van der Waals surface area contributed by atoms with Crippen molar-refractivity contribution >= 4 is 16.7 Å². The molecule has 0 unspecified atom stereocenters. The highest BCUT2D eigenvalue weighted by Gasteiger charge is 2.12. The molecule has 0 spiro atoms. The Kier molecular flexibility index (Phi) is 3.93. The van der Waals surface area contributed by atoms with Gasteiger partial charge in [-0.2, -0.15) is 5.10 Å². The van der Waals surface area contributed by atoms with Crippen LogP contribution in [0.15, 0.2) is 30.7 Å². The predicted octanol–water partition coefficient (Wildman–Crippen LogP) is 2.39. The molecule has 25 heavy (non-hydrogen) atoms. The van der Waals surface area contributed by atoms with E-state index >= 15 is 0 Å². The van der Waals surface area contributed by atoms with E-state index in [-0.39, 0.29) is 0 Å². The van der Waals surface area contributed by atoms with Crippen molar-refractivity contribution in [2.75, 3.05) is 13.2 Å². The first-order chi connectivity index (χ1) is 12.3. The number of aromatic amines is 1. The molecule has 128 valence electrons. The Hall–Kier alpha value is -3.16. The molecule has 0 amide bonds. The molecule has 0 saturated heterocycles. The van der Waals surface area contributed by atoms with Gasteiger partial charge in [-0.1, -0.05) is 6.07 Å². The second-order valence-corrected chi connectivity index (χ2v) is 5.50. The zero-order valence-electron chi connectivity index (χ0n) is 14.1. The summed E-state index contributed by atoms with van der Waals surface area (Å²) in [5.41, 5.74) is 2.50. The van der Waals surface area contributed by atoms with Gasteiger partial charge in [-0.25, -0.2) is 14.5 Å². The van der Waals surface area contributed by atoms with Crippen LogP contribution in [0.1, 0.15) is 25.2 Å². The second-order valence-electron chi connectivity index (χ2n) is 5.50. The van der Waals surface area contributed by atoms with Gasteiger partial charge in [-0.05, 0) is 31.5 Å². The largest absolute Gasteiger partial charge is 0.490 e. The van der Waals surface area contributed by atoms with E-state index in [1.54, 1.807) is 17.0 Å². The molecule has 0 aliphatic carbocycles. The van der Waals surface area contributed by atoms with E-state index in [9.17, 15) is 0 Å². The number of fused-ring (bicyclic) bond motifs is 3. The van der Waals surface area contributed by atoms with Gasteiger partial charge in [0, 0.05) is 6.42 Å². The Bertz CT molecular complexity index is 1020. The quantitative estimate of drug-likeness (QED) is 0.580. The molecule has 0 aliphatic heterocycles. The highest BCUT2D eigenvalue weighted by molar-refractivity contribution is 5.87. The number of aromatic nitrogens is 6. The molecular formula is C17H18N6O2. The van der Waals surface area contributed by atoms with Crippen LogP contribution in [0.2, 0.25) is 0 Å². The summed E-state index contributed by atoms with van der Waals surface area (Å²) in [6, 6.07) is 5.91. The van der Waals surface area contributed by atoms with Crippen molar-refractivity contribution in [1.29, 1.82) is 0 Å². The molecule has 0 saturated carbocycles. The number of benzene rings is 1. The number of nitrogens with zero attached hydrogens (tertiary/aromatic N) is 5. The first-order valence-corrected chi connectivity index (χ1v) is 8.20. The first-order valence-electron chi connectivity index (χ1n) is 8.20. The lowest BCUT2D eigenvalue weighted by Crippen LogP contribution is -2.00. The number of H-pyrrole nitrogens is 1. The fourth-order valence-electron chi connectivity index (χ4n) is 2.75. The van der Waals surface area contributed by atoms with Gasteiger partial charge >= 0.3 is 0 Å². The van der Waals surface area contributed by atoms with Crippen molar-refractivity contribution in [3.63, 3.8) is 0 Å². The molecule has 4 aromatic rings.